The number of carbonyl (C=O) groups is 1. The first-order chi connectivity index (χ1) is 20.2. The Morgan fingerprint density at radius 1 is 1.14 bits per heavy atom. The van der Waals surface area contributed by atoms with E-state index in [1.807, 2.05) is 0 Å². The number of pyridine rings is 1. The van der Waals surface area contributed by atoms with Gasteiger partial charge in [0.2, 0.25) is 10.0 Å². The number of sulfonamides is 1. The van der Waals surface area contributed by atoms with E-state index < -0.39 is 21.5 Å². The number of anilines is 1. The number of hydrogen-bond acceptors (Lipinski definition) is 6. The Morgan fingerprint density at radius 3 is 2.49 bits per heavy atom. The van der Waals surface area contributed by atoms with Crippen LogP contribution in [0.15, 0.2) is 47.4 Å². The minimum atomic E-state index is -3.61. The molecule has 2 aromatic heterocycles. The highest BCUT2D eigenvalue weighted by atomic mass is 32.2. The highest BCUT2D eigenvalue weighted by Crippen LogP contribution is 2.42. The van der Waals surface area contributed by atoms with Gasteiger partial charge in [0, 0.05) is 36.6 Å². The lowest BCUT2D eigenvalue weighted by Gasteiger charge is -2.34. The Labute approximate surface area is 253 Å². The highest BCUT2D eigenvalue weighted by Gasteiger charge is 2.34. The summed E-state index contributed by atoms with van der Waals surface area (Å²) >= 11 is 1.12. The molecule has 12 heteroatoms. The summed E-state index contributed by atoms with van der Waals surface area (Å²) in [5.74, 6) is -0.112. The number of amides is 1. The van der Waals surface area contributed by atoms with Gasteiger partial charge in [-0.05, 0) is 88.1 Å². The number of rotatable bonds is 7. The van der Waals surface area contributed by atoms with Gasteiger partial charge in [0.05, 0.1) is 27.3 Å². The molecule has 0 radical (unpaired) electrons. The molecule has 1 aliphatic rings. The van der Waals surface area contributed by atoms with Gasteiger partial charge >= 0.3 is 0 Å². The maximum Gasteiger partial charge on any atom is 0.264 e. The molecule has 0 bridgehead atoms. The van der Waals surface area contributed by atoms with Crippen LogP contribution in [0.2, 0.25) is 0 Å². The van der Waals surface area contributed by atoms with E-state index in [-0.39, 0.29) is 29.5 Å². The number of halogens is 2. The number of benzene rings is 2. The van der Waals surface area contributed by atoms with Crippen molar-refractivity contribution < 1.29 is 26.7 Å². The second-order valence-electron chi connectivity index (χ2n) is 11.2. The van der Waals surface area contributed by atoms with E-state index in [2.05, 4.69) is 4.72 Å². The molecule has 0 aliphatic carbocycles. The third-order valence-corrected chi connectivity index (χ3v) is 10.0. The van der Waals surface area contributed by atoms with Gasteiger partial charge in [0.25, 0.3) is 11.5 Å². The zero-order valence-electron chi connectivity index (χ0n) is 24.6. The van der Waals surface area contributed by atoms with Crippen molar-refractivity contribution in [3.8, 4) is 22.6 Å². The Kier molecular flexibility index (Phi) is 8.12. The van der Waals surface area contributed by atoms with Crippen molar-refractivity contribution in [2.75, 3.05) is 23.6 Å². The van der Waals surface area contributed by atoms with Crippen molar-refractivity contribution in [3.05, 3.63) is 74.8 Å². The summed E-state index contributed by atoms with van der Waals surface area (Å²) in [7, 11) is -2.03. The SMILES string of the molecule is CCS(=O)(=O)Nc1ccc(Oc2c(C)cc(F)cc2C)c(-c2cn(C)c(=O)c3cc(C(=O)N4CCCC(C)(F)C4)sc23)c1. The van der Waals surface area contributed by atoms with Crippen LogP contribution in [0, 0.1) is 19.7 Å². The molecule has 8 nitrogen and oxygen atoms in total. The molecule has 43 heavy (non-hydrogen) atoms. The molecule has 0 saturated carbocycles. The van der Waals surface area contributed by atoms with Gasteiger partial charge in [0.1, 0.15) is 23.0 Å². The van der Waals surface area contributed by atoms with Gasteiger partial charge in [-0.1, -0.05) is 0 Å². The number of alkyl halides is 1. The van der Waals surface area contributed by atoms with E-state index in [0.717, 1.165) is 11.3 Å². The number of likely N-dealkylation sites (tertiary alicyclic amines) is 1. The van der Waals surface area contributed by atoms with Gasteiger partial charge in [-0.2, -0.15) is 0 Å². The van der Waals surface area contributed by atoms with Gasteiger partial charge in [-0.25, -0.2) is 17.2 Å². The summed E-state index contributed by atoms with van der Waals surface area (Å²) in [5.41, 5.74) is 0.586. The molecule has 4 aromatic rings. The van der Waals surface area contributed by atoms with Crippen LogP contribution in [0.1, 0.15) is 47.5 Å². The topological polar surface area (TPSA) is 97.7 Å². The highest BCUT2D eigenvalue weighted by molar-refractivity contribution is 7.92. The van der Waals surface area contributed by atoms with E-state index in [9.17, 15) is 26.8 Å². The van der Waals surface area contributed by atoms with Crippen molar-refractivity contribution in [2.45, 2.75) is 46.2 Å². The van der Waals surface area contributed by atoms with Crippen molar-refractivity contribution >= 4 is 43.0 Å². The molecule has 2 aromatic carbocycles. The maximum atomic E-state index is 14.8. The number of hydrogen-bond donors (Lipinski definition) is 1. The summed E-state index contributed by atoms with van der Waals surface area (Å²) in [4.78, 5) is 28.5. The number of aromatic nitrogens is 1. The third kappa shape index (κ3) is 6.30. The van der Waals surface area contributed by atoms with E-state index in [1.54, 1.807) is 45.3 Å². The quantitative estimate of drug-likeness (QED) is 0.250. The lowest BCUT2D eigenvalue weighted by molar-refractivity contribution is 0.0421. The standard InChI is InChI=1S/C31H33F2N3O5S2/c1-6-43(39,40)34-21-8-9-25(41-27-18(2)12-20(32)13-19(27)3)22(14-21)24-16-35(5)29(37)23-15-26(42-28(23)24)30(38)36-11-7-10-31(4,33)17-36/h8-9,12-16,34H,6-7,10-11,17H2,1-5H3. The van der Waals surface area contributed by atoms with Gasteiger partial charge in [0.15, 0.2) is 0 Å². The first-order valence-corrected chi connectivity index (χ1v) is 16.4. The number of ether oxygens (including phenoxy) is 1. The molecule has 1 aliphatic heterocycles. The minimum absolute atomic E-state index is 0.0288. The minimum Gasteiger partial charge on any atom is -0.456 e. The molecule has 1 amide bonds. The first kappa shape index (κ1) is 30.7. The van der Waals surface area contributed by atoms with Crippen molar-refractivity contribution in [1.29, 1.82) is 0 Å². The second-order valence-corrected chi connectivity index (χ2v) is 14.3. The number of fused-ring (bicyclic) bond motifs is 1. The fraction of sp³-hybridized carbons (Fsp3) is 0.355. The molecule has 3 heterocycles. The normalized spacial score (nSPS) is 17.3. The van der Waals surface area contributed by atoms with Crippen LogP contribution in [-0.2, 0) is 17.1 Å². The molecular formula is C31H33F2N3O5S2. The summed E-state index contributed by atoms with van der Waals surface area (Å²) in [6, 6.07) is 9.03. The van der Waals surface area contributed by atoms with Crippen LogP contribution >= 0.6 is 11.3 Å². The molecule has 0 spiro atoms. The van der Waals surface area contributed by atoms with E-state index in [0.29, 0.717) is 68.1 Å². The predicted octanol–water partition coefficient (Wildman–Crippen LogP) is 6.54. The molecule has 1 unspecified atom stereocenters. The summed E-state index contributed by atoms with van der Waals surface area (Å²) in [6.45, 7) is 6.84. The van der Waals surface area contributed by atoms with Gasteiger partial charge in [-0.15, -0.1) is 11.3 Å². The Hall–Kier alpha value is -3.77. The molecule has 228 valence electrons. The van der Waals surface area contributed by atoms with Crippen molar-refractivity contribution in [2.24, 2.45) is 7.05 Å². The number of piperidine rings is 1. The number of nitrogens with one attached hydrogen (secondary N) is 1. The van der Waals surface area contributed by atoms with Crippen LogP contribution in [0.4, 0.5) is 14.5 Å². The average Bonchev–Trinajstić information content (AvgIpc) is 3.38. The Morgan fingerprint density at radius 2 is 1.84 bits per heavy atom. The fourth-order valence-electron chi connectivity index (χ4n) is 5.38. The molecule has 1 N–H and O–H groups in total. The lowest BCUT2D eigenvalue weighted by atomic mass is 9.97. The maximum absolute atomic E-state index is 14.8. The Balaban J connectivity index is 1.69. The number of carbonyl (C=O) groups excluding carboxylic acids is 1. The zero-order valence-corrected chi connectivity index (χ0v) is 26.2. The molecule has 5 rings (SSSR count). The molecule has 1 atom stereocenters. The monoisotopic (exact) mass is 629 g/mol. The van der Waals surface area contributed by atoms with Crippen molar-refractivity contribution in [3.63, 3.8) is 0 Å². The molecule has 1 fully saturated rings. The van der Waals surface area contributed by atoms with Crippen LogP contribution < -0.4 is 15.0 Å². The van der Waals surface area contributed by atoms with E-state index >= 15 is 0 Å². The number of nitrogens with zero attached hydrogens (tertiary/aromatic N) is 2. The van der Waals surface area contributed by atoms with Crippen LogP contribution in [-0.4, -0.2) is 48.3 Å². The summed E-state index contributed by atoms with van der Waals surface area (Å²) in [5, 5.41) is 0.299. The lowest BCUT2D eigenvalue weighted by Crippen LogP contribution is -2.46. The van der Waals surface area contributed by atoms with E-state index in [4.69, 9.17) is 4.74 Å². The van der Waals surface area contributed by atoms with Gasteiger partial charge in [-0.3, -0.25) is 14.3 Å². The third-order valence-electron chi connectivity index (χ3n) is 7.56. The summed E-state index contributed by atoms with van der Waals surface area (Å²) in [6.07, 6.45) is 2.53. The summed E-state index contributed by atoms with van der Waals surface area (Å²) < 4.78 is 64.4. The Bertz CT molecular complexity index is 1890. The first-order valence-electron chi connectivity index (χ1n) is 13.9. The smallest absolute Gasteiger partial charge is 0.264 e. The van der Waals surface area contributed by atoms with Crippen LogP contribution in [0.25, 0.3) is 21.2 Å². The predicted molar refractivity (Wildman–Crippen MR) is 166 cm³/mol. The van der Waals surface area contributed by atoms with Crippen LogP contribution in [0.3, 0.4) is 0 Å². The van der Waals surface area contributed by atoms with E-state index in [1.165, 1.54) is 41.5 Å². The second kappa shape index (κ2) is 11.4. The largest absolute Gasteiger partial charge is 0.456 e. The number of aryl methyl sites for hydroxylation is 3. The van der Waals surface area contributed by atoms with Gasteiger partial charge < -0.3 is 14.2 Å². The number of thiophene rings is 1. The zero-order chi connectivity index (χ0) is 31.3. The molecular weight excluding hydrogens is 596 g/mol. The average molecular weight is 630 g/mol. The van der Waals surface area contributed by atoms with Crippen molar-refractivity contribution in [1.82, 2.24) is 9.47 Å². The fourth-order valence-corrected chi connectivity index (χ4v) is 7.16. The van der Waals surface area contributed by atoms with Crippen LogP contribution in [0.5, 0.6) is 11.5 Å². The molecule has 1 saturated heterocycles.